The standard InChI is InChI=1S/C11H13N/c1-3-4-7-10-8-5-6-9(2)11(10)12/h5-6,8H,3,12H2,1-2H3. The van der Waals surface area contributed by atoms with Gasteiger partial charge in [0.2, 0.25) is 0 Å². The van der Waals surface area contributed by atoms with E-state index in [1.54, 1.807) is 0 Å². The molecule has 0 saturated carbocycles. The summed E-state index contributed by atoms with van der Waals surface area (Å²) in [6.45, 7) is 4.02. The van der Waals surface area contributed by atoms with Crippen LogP contribution >= 0.6 is 0 Å². The molecule has 0 unspecified atom stereocenters. The van der Waals surface area contributed by atoms with Gasteiger partial charge in [0.25, 0.3) is 0 Å². The Labute approximate surface area is 73.6 Å². The molecule has 0 saturated heterocycles. The van der Waals surface area contributed by atoms with Crippen LogP contribution in [0.3, 0.4) is 0 Å². The summed E-state index contributed by atoms with van der Waals surface area (Å²) in [5.41, 5.74) is 8.66. The van der Waals surface area contributed by atoms with Crippen molar-refractivity contribution in [2.24, 2.45) is 0 Å². The van der Waals surface area contributed by atoms with E-state index in [2.05, 4.69) is 11.8 Å². The fraction of sp³-hybridized carbons (Fsp3) is 0.273. The van der Waals surface area contributed by atoms with Crippen LogP contribution in [0, 0.1) is 18.8 Å². The van der Waals surface area contributed by atoms with Crippen LogP contribution in [0.4, 0.5) is 5.69 Å². The van der Waals surface area contributed by atoms with Crippen molar-refractivity contribution in [2.75, 3.05) is 5.73 Å². The molecule has 0 aliphatic rings. The first-order valence-electron chi connectivity index (χ1n) is 4.09. The summed E-state index contributed by atoms with van der Waals surface area (Å²) in [5, 5.41) is 0. The van der Waals surface area contributed by atoms with E-state index in [-0.39, 0.29) is 0 Å². The lowest BCUT2D eigenvalue weighted by molar-refractivity contribution is 1.28. The fourth-order valence-corrected chi connectivity index (χ4v) is 0.973. The van der Waals surface area contributed by atoms with E-state index >= 15 is 0 Å². The van der Waals surface area contributed by atoms with Crippen molar-refractivity contribution in [3.63, 3.8) is 0 Å². The monoisotopic (exact) mass is 159 g/mol. The molecule has 1 nitrogen and oxygen atoms in total. The van der Waals surface area contributed by atoms with Crippen molar-refractivity contribution in [3.05, 3.63) is 29.3 Å². The summed E-state index contributed by atoms with van der Waals surface area (Å²) in [7, 11) is 0. The Morgan fingerprint density at radius 2 is 2.17 bits per heavy atom. The summed E-state index contributed by atoms with van der Waals surface area (Å²) in [4.78, 5) is 0. The highest BCUT2D eigenvalue weighted by Crippen LogP contribution is 2.14. The number of benzene rings is 1. The highest BCUT2D eigenvalue weighted by atomic mass is 14.6. The van der Waals surface area contributed by atoms with Crippen molar-refractivity contribution in [2.45, 2.75) is 20.3 Å². The largest absolute Gasteiger partial charge is 0.398 e. The van der Waals surface area contributed by atoms with Gasteiger partial charge in [0.05, 0.1) is 5.69 Å². The van der Waals surface area contributed by atoms with Gasteiger partial charge in [0, 0.05) is 12.0 Å². The number of aryl methyl sites for hydroxylation is 1. The molecule has 0 fully saturated rings. The lowest BCUT2D eigenvalue weighted by atomic mass is 10.1. The third-order valence-electron chi connectivity index (χ3n) is 1.72. The third-order valence-corrected chi connectivity index (χ3v) is 1.72. The van der Waals surface area contributed by atoms with E-state index in [0.29, 0.717) is 0 Å². The van der Waals surface area contributed by atoms with Gasteiger partial charge >= 0.3 is 0 Å². The van der Waals surface area contributed by atoms with Crippen LogP contribution in [0.1, 0.15) is 24.5 Å². The van der Waals surface area contributed by atoms with Crippen LogP contribution in [0.5, 0.6) is 0 Å². The molecule has 0 bridgehead atoms. The van der Waals surface area contributed by atoms with E-state index in [9.17, 15) is 0 Å². The summed E-state index contributed by atoms with van der Waals surface area (Å²) in [6, 6.07) is 5.92. The van der Waals surface area contributed by atoms with Crippen LogP contribution in [0.2, 0.25) is 0 Å². The van der Waals surface area contributed by atoms with Crippen molar-refractivity contribution < 1.29 is 0 Å². The average Bonchev–Trinajstić information content (AvgIpc) is 2.08. The summed E-state index contributed by atoms with van der Waals surface area (Å²) >= 11 is 0. The maximum atomic E-state index is 5.82. The molecule has 1 aromatic rings. The van der Waals surface area contributed by atoms with Crippen LogP contribution in [0.25, 0.3) is 0 Å². The van der Waals surface area contributed by atoms with Gasteiger partial charge in [-0.15, -0.1) is 0 Å². The first-order valence-corrected chi connectivity index (χ1v) is 4.09. The summed E-state index contributed by atoms with van der Waals surface area (Å²) in [6.07, 6.45) is 0.868. The second-order valence-electron chi connectivity index (χ2n) is 2.69. The van der Waals surface area contributed by atoms with Gasteiger partial charge in [-0.2, -0.15) is 0 Å². The number of hydrogen-bond acceptors (Lipinski definition) is 1. The Hall–Kier alpha value is -1.42. The fourth-order valence-electron chi connectivity index (χ4n) is 0.973. The van der Waals surface area contributed by atoms with Crippen molar-refractivity contribution in [1.29, 1.82) is 0 Å². The molecular weight excluding hydrogens is 146 g/mol. The first kappa shape index (κ1) is 8.67. The van der Waals surface area contributed by atoms with E-state index in [4.69, 9.17) is 5.73 Å². The van der Waals surface area contributed by atoms with Crippen LogP contribution in [-0.2, 0) is 0 Å². The van der Waals surface area contributed by atoms with Crippen LogP contribution in [0.15, 0.2) is 18.2 Å². The Balaban J connectivity index is 3.08. The molecule has 62 valence electrons. The first-order chi connectivity index (χ1) is 5.75. The van der Waals surface area contributed by atoms with Gasteiger partial charge in [-0.25, -0.2) is 0 Å². The zero-order chi connectivity index (χ0) is 8.97. The predicted octanol–water partition coefficient (Wildman–Crippen LogP) is 2.34. The van der Waals surface area contributed by atoms with Gasteiger partial charge in [-0.05, 0) is 18.6 Å². The highest BCUT2D eigenvalue weighted by Gasteiger charge is 1.96. The molecule has 1 heteroatoms. The van der Waals surface area contributed by atoms with E-state index < -0.39 is 0 Å². The molecule has 0 spiro atoms. The number of nitrogens with two attached hydrogens (primary N) is 1. The molecule has 12 heavy (non-hydrogen) atoms. The van der Waals surface area contributed by atoms with Gasteiger partial charge < -0.3 is 5.73 Å². The highest BCUT2D eigenvalue weighted by molar-refractivity contribution is 5.60. The normalized spacial score (nSPS) is 8.83. The molecule has 0 aromatic heterocycles. The summed E-state index contributed by atoms with van der Waals surface area (Å²) in [5.74, 6) is 6.03. The minimum Gasteiger partial charge on any atom is -0.398 e. The SMILES string of the molecule is CCC#Cc1cccc(C)c1N. The van der Waals surface area contributed by atoms with Crippen LogP contribution in [-0.4, -0.2) is 0 Å². The van der Waals surface area contributed by atoms with Crippen molar-refractivity contribution in [1.82, 2.24) is 0 Å². The maximum Gasteiger partial charge on any atom is 0.0502 e. The lowest BCUT2D eigenvalue weighted by Crippen LogP contribution is -1.92. The predicted molar refractivity (Wildman–Crippen MR) is 52.8 cm³/mol. The zero-order valence-corrected chi connectivity index (χ0v) is 7.52. The quantitative estimate of drug-likeness (QED) is 0.456. The average molecular weight is 159 g/mol. The number of rotatable bonds is 0. The zero-order valence-electron chi connectivity index (χ0n) is 7.52. The molecule has 2 N–H and O–H groups in total. The van der Waals surface area contributed by atoms with Crippen molar-refractivity contribution >= 4 is 5.69 Å². The molecule has 0 aliphatic carbocycles. The topological polar surface area (TPSA) is 26.0 Å². The van der Waals surface area contributed by atoms with E-state index in [1.807, 2.05) is 32.0 Å². The maximum absolute atomic E-state index is 5.82. The smallest absolute Gasteiger partial charge is 0.0502 e. The van der Waals surface area contributed by atoms with E-state index in [1.165, 1.54) is 0 Å². The van der Waals surface area contributed by atoms with E-state index in [0.717, 1.165) is 23.2 Å². The molecule has 0 atom stereocenters. The van der Waals surface area contributed by atoms with Gasteiger partial charge in [-0.3, -0.25) is 0 Å². The molecule has 1 aromatic carbocycles. The third kappa shape index (κ3) is 1.79. The number of para-hydroxylation sites is 1. The molecule has 0 heterocycles. The Kier molecular flexibility index (Phi) is 2.76. The van der Waals surface area contributed by atoms with Gasteiger partial charge in [0.1, 0.15) is 0 Å². The van der Waals surface area contributed by atoms with Gasteiger partial charge in [-0.1, -0.05) is 30.9 Å². The number of anilines is 1. The number of nitrogen functional groups attached to an aromatic ring is 1. The summed E-state index contributed by atoms with van der Waals surface area (Å²) < 4.78 is 0. The molecular formula is C11H13N. The Morgan fingerprint density at radius 3 is 2.83 bits per heavy atom. The lowest BCUT2D eigenvalue weighted by Gasteiger charge is -2.00. The molecule has 0 aliphatic heterocycles. The van der Waals surface area contributed by atoms with Crippen LogP contribution < -0.4 is 5.73 Å². The minimum atomic E-state index is 0.804. The minimum absolute atomic E-state index is 0.804. The Bertz CT molecular complexity index is 329. The van der Waals surface area contributed by atoms with Crippen molar-refractivity contribution in [3.8, 4) is 11.8 Å². The Morgan fingerprint density at radius 1 is 1.42 bits per heavy atom. The second kappa shape index (κ2) is 3.82. The van der Waals surface area contributed by atoms with Gasteiger partial charge in [0.15, 0.2) is 0 Å². The number of hydrogen-bond donors (Lipinski definition) is 1. The second-order valence-corrected chi connectivity index (χ2v) is 2.69. The molecule has 0 amide bonds. The molecule has 1 rings (SSSR count). The molecule has 0 radical (unpaired) electrons.